The summed E-state index contributed by atoms with van der Waals surface area (Å²) in [6, 6.07) is 0.538. The van der Waals surface area contributed by atoms with Crippen LogP contribution in [0.1, 0.15) is 51.9 Å². The van der Waals surface area contributed by atoms with Gasteiger partial charge < -0.3 is 10.2 Å². The Kier molecular flexibility index (Phi) is 4.08. The van der Waals surface area contributed by atoms with E-state index in [9.17, 15) is 4.79 Å². The van der Waals surface area contributed by atoms with E-state index in [1.54, 1.807) is 0 Å². The molecule has 0 spiro atoms. The molecule has 2 fully saturated rings. The third-order valence-electron chi connectivity index (χ3n) is 4.68. The van der Waals surface area contributed by atoms with Crippen LogP contribution in [-0.2, 0) is 4.79 Å². The Balaban J connectivity index is 1.69. The highest BCUT2D eigenvalue weighted by Crippen LogP contribution is 2.40. The zero-order valence-corrected chi connectivity index (χ0v) is 11.3. The number of hydrogen-bond acceptors (Lipinski definition) is 2. The number of amides is 1. The van der Waals surface area contributed by atoms with Crippen LogP contribution in [0.3, 0.4) is 0 Å². The van der Waals surface area contributed by atoms with Gasteiger partial charge in [0.15, 0.2) is 0 Å². The first kappa shape index (κ1) is 12.9. The standard InChI is InChI=1S/C14H26N2O/c1-3-14(8-4-5-9-14)11-15-10-13(17)16(2)12-6-7-12/h12,15H,3-11H2,1-2H3. The molecule has 1 amide bonds. The first-order valence-corrected chi connectivity index (χ1v) is 7.13. The van der Waals surface area contributed by atoms with E-state index in [0.29, 0.717) is 18.0 Å². The lowest BCUT2D eigenvalue weighted by atomic mass is 9.83. The van der Waals surface area contributed by atoms with E-state index in [1.165, 1.54) is 44.9 Å². The van der Waals surface area contributed by atoms with Gasteiger partial charge in [0.05, 0.1) is 6.54 Å². The summed E-state index contributed by atoms with van der Waals surface area (Å²) in [6.07, 6.45) is 9.04. The molecule has 0 aromatic carbocycles. The number of carbonyl (C=O) groups excluding carboxylic acids is 1. The highest BCUT2D eigenvalue weighted by atomic mass is 16.2. The van der Waals surface area contributed by atoms with Gasteiger partial charge in [0, 0.05) is 19.6 Å². The maximum atomic E-state index is 11.9. The van der Waals surface area contributed by atoms with Gasteiger partial charge in [0.1, 0.15) is 0 Å². The maximum absolute atomic E-state index is 11.9. The van der Waals surface area contributed by atoms with Crippen LogP contribution in [0, 0.1) is 5.41 Å². The lowest BCUT2D eigenvalue weighted by Crippen LogP contribution is -2.40. The molecule has 0 unspecified atom stereocenters. The Bertz CT molecular complexity index is 267. The number of hydrogen-bond donors (Lipinski definition) is 1. The molecule has 0 bridgehead atoms. The molecule has 0 radical (unpaired) electrons. The molecule has 2 rings (SSSR count). The van der Waals surface area contributed by atoms with Crippen molar-refractivity contribution in [1.29, 1.82) is 0 Å². The first-order chi connectivity index (χ1) is 8.17. The molecule has 98 valence electrons. The van der Waals surface area contributed by atoms with Gasteiger partial charge in [-0.3, -0.25) is 4.79 Å². The fourth-order valence-electron chi connectivity index (χ4n) is 3.01. The smallest absolute Gasteiger partial charge is 0.236 e. The van der Waals surface area contributed by atoms with E-state index in [4.69, 9.17) is 0 Å². The summed E-state index contributed by atoms with van der Waals surface area (Å²) in [5, 5.41) is 3.39. The first-order valence-electron chi connectivity index (χ1n) is 7.13. The van der Waals surface area contributed by atoms with Crippen molar-refractivity contribution in [2.75, 3.05) is 20.1 Å². The molecular formula is C14H26N2O. The SMILES string of the molecule is CCC1(CNCC(=O)N(C)C2CC2)CCCC1. The fourth-order valence-corrected chi connectivity index (χ4v) is 3.01. The summed E-state index contributed by atoms with van der Waals surface area (Å²) in [7, 11) is 1.94. The van der Waals surface area contributed by atoms with Gasteiger partial charge in [-0.15, -0.1) is 0 Å². The predicted octanol–water partition coefficient (Wildman–Crippen LogP) is 2.17. The summed E-state index contributed by atoms with van der Waals surface area (Å²) in [5.74, 6) is 0.261. The summed E-state index contributed by atoms with van der Waals surface area (Å²) in [4.78, 5) is 13.8. The van der Waals surface area contributed by atoms with Crippen molar-refractivity contribution in [3.05, 3.63) is 0 Å². The van der Waals surface area contributed by atoms with Crippen molar-refractivity contribution in [3.63, 3.8) is 0 Å². The van der Waals surface area contributed by atoms with Crippen molar-refractivity contribution in [2.24, 2.45) is 5.41 Å². The van der Waals surface area contributed by atoms with E-state index >= 15 is 0 Å². The van der Waals surface area contributed by atoms with Crippen LogP contribution in [0.4, 0.5) is 0 Å². The average Bonchev–Trinajstić information content (AvgIpc) is 3.08. The second kappa shape index (κ2) is 5.38. The number of rotatable bonds is 6. The van der Waals surface area contributed by atoms with Gasteiger partial charge in [-0.1, -0.05) is 19.8 Å². The quantitative estimate of drug-likeness (QED) is 0.769. The Morgan fingerprint density at radius 3 is 2.53 bits per heavy atom. The molecule has 1 N–H and O–H groups in total. The van der Waals surface area contributed by atoms with E-state index in [-0.39, 0.29) is 5.91 Å². The third-order valence-corrected chi connectivity index (χ3v) is 4.68. The molecule has 0 atom stereocenters. The van der Waals surface area contributed by atoms with Gasteiger partial charge in [0.25, 0.3) is 0 Å². The third kappa shape index (κ3) is 3.21. The molecule has 2 saturated carbocycles. The van der Waals surface area contributed by atoms with Gasteiger partial charge >= 0.3 is 0 Å². The minimum Gasteiger partial charge on any atom is -0.342 e. The van der Waals surface area contributed by atoms with Crippen LogP contribution in [-0.4, -0.2) is 37.0 Å². The highest BCUT2D eigenvalue weighted by molar-refractivity contribution is 5.78. The predicted molar refractivity (Wildman–Crippen MR) is 69.9 cm³/mol. The van der Waals surface area contributed by atoms with Crippen LogP contribution in [0.15, 0.2) is 0 Å². The van der Waals surface area contributed by atoms with Crippen molar-refractivity contribution in [2.45, 2.75) is 57.9 Å². The summed E-state index contributed by atoms with van der Waals surface area (Å²) < 4.78 is 0. The van der Waals surface area contributed by atoms with Crippen LogP contribution in [0.25, 0.3) is 0 Å². The van der Waals surface area contributed by atoms with Crippen LogP contribution in [0.5, 0.6) is 0 Å². The average molecular weight is 238 g/mol. The lowest BCUT2D eigenvalue weighted by molar-refractivity contribution is -0.129. The van der Waals surface area contributed by atoms with E-state index in [1.807, 2.05) is 11.9 Å². The Morgan fingerprint density at radius 1 is 1.35 bits per heavy atom. The Labute approximate surface area is 105 Å². The number of nitrogens with zero attached hydrogens (tertiary/aromatic N) is 1. The van der Waals surface area contributed by atoms with E-state index in [2.05, 4.69) is 12.2 Å². The normalized spacial score (nSPS) is 22.7. The van der Waals surface area contributed by atoms with Gasteiger partial charge in [-0.05, 0) is 37.5 Å². The summed E-state index contributed by atoms with van der Waals surface area (Å²) in [6.45, 7) is 3.83. The van der Waals surface area contributed by atoms with Gasteiger partial charge in [-0.2, -0.15) is 0 Å². The van der Waals surface area contributed by atoms with Crippen molar-refractivity contribution in [1.82, 2.24) is 10.2 Å². The largest absolute Gasteiger partial charge is 0.342 e. The molecule has 0 saturated heterocycles. The van der Waals surface area contributed by atoms with Crippen molar-refractivity contribution < 1.29 is 4.79 Å². The summed E-state index contributed by atoms with van der Waals surface area (Å²) in [5.41, 5.74) is 0.485. The fraction of sp³-hybridized carbons (Fsp3) is 0.929. The maximum Gasteiger partial charge on any atom is 0.236 e. The van der Waals surface area contributed by atoms with Crippen LogP contribution >= 0.6 is 0 Å². The monoisotopic (exact) mass is 238 g/mol. The minimum atomic E-state index is 0.261. The molecular weight excluding hydrogens is 212 g/mol. The molecule has 0 aliphatic heterocycles. The number of nitrogens with one attached hydrogen (secondary N) is 1. The second-order valence-electron chi connectivity index (χ2n) is 5.90. The van der Waals surface area contributed by atoms with E-state index < -0.39 is 0 Å². The topological polar surface area (TPSA) is 32.3 Å². The highest BCUT2D eigenvalue weighted by Gasteiger charge is 2.32. The molecule has 3 heteroatoms. The van der Waals surface area contributed by atoms with Gasteiger partial charge in [0.2, 0.25) is 5.91 Å². The van der Waals surface area contributed by atoms with Crippen molar-refractivity contribution in [3.8, 4) is 0 Å². The van der Waals surface area contributed by atoms with E-state index in [0.717, 1.165) is 6.54 Å². The summed E-state index contributed by atoms with van der Waals surface area (Å²) >= 11 is 0. The zero-order chi connectivity index (χ0) is 12.3. The lowest BCUT2D eigenvalue weighted by Gasteiger charge is -2.28. The van der Waals surface area contributed by atoms with Crippen molar-refractivity contribution >= 4 is 5.91 Å². The number of carbonyl (C=O) groups is 1. The molecule has 3 nitrogen and oxygen atoms in total. The van der Waals surface area contributed by atoms with Crippen LogP contribution < -0.4 is 5.32 Å². The molecule has 17 heavy (non-hydrogen) atoms. The second-order valence-corrected chi connectivity index (χ2v) is 5.90. The Morgan fingerprint density at radius 2 is 2.00 bits per heavy atom. The molecule has 0 aromatic rings. The molecule has 2 aliphatic carbocycles. The molecule has 2 aliphatic rings. The number of likely N-dealkylation sites (N-methyl/N-ethyl adjacent to an activating group) is 1. The zero-order valence-electron chi connectivity index (χ0n) is 11.3. The van der Waals surface area contributed by atoms with Crippen LogP contribution in [0.2, 0.25) is 0 Å². The minimum absolute atomic E-state index is 0.261. The molecule has 0 heterocycles. The molecule has 0 aromatic heterocycles. The Hall–Kier alpha value is -0.570. The van der Waals surface area contributed by atoms with Gasteiger partial charge in [-0.25, -0.2) is 0 Å².